The van der Waals surface area contributed by atoms with Crippen molar-refractivity contribution in [2.45, 2.75) is 0 Å². The minimum absolute atomic E-state index is 0.0528. The van der Waals surface area contributed by atoms with E-state index in [1.165, 1.54) is 0 Å². The number of benzene rings is 1. The van der Waals surface area contributed by atoms with E-state index in [4.69, 9.17) is 5.11 Å². The monoisotopic (exact) mass is 266 g/mol. The van der Waals surface area contributed by atoms with E-state index in [1.807, 2.05) is 42.5 Å². The molecule has 0 bridgehead atoms. The van der Waals surface area contributed by atoms with Crippen LogP contribution in [0, 0.1) is 0 Å². The molecule has 0 spiro atoms. The molecule has 0 saturated heterocycles. The van der Waals surface area contributed by atoms with E-state index < -0.39 is 0 Å². The van der Waals surface area contributed by atoms with Crippen LogP contribution in [0.3, 0.4) is 0 Å². The standard InChI is InChI=1S/C15H14N4O/c20-10-9-17-14-11-5-1-2-6-12(11)18-15(19-14)13-7-3-4-8-16-13/h1-8,20H,9-10H2,(H,17,18,19). The zero-order chi connectivity index (χ0) is 13.8. The Kier molecular flexibility index (Phi) is 3.52. The highest BCUT2D eigenvalue weighted by Gasteiger charge is 2.09. The summed E-state index contributed by atoms with van der Waals surface area (Å²) in [4.78, 5) is 13.3. The van der Waals surface area contributed by atoms with Gasteiger partial charge in [-0.15, -0.1) is 0 Å². The summed E-state index contributed by atoms with van der Waals surface area (Å²) in [5.74, 6) is 1.29. The Bertz CT molecular complexity index is 715. The van der Waals surface area contributed by atoms with Gasteiger partial charge in [0, 0.05) is 18.1 Å². The van der Waals surface area contributed by atoms with Gasteiger partial charge in [-0.2, -0.15) is 0 Å². The van der Waals surface area contributed by atoms with Crippen molar-refractivity contribution in [2.24, 2.45) is 0 Å². The zero-order valence-electron chi connectivity index (χ0n) is 10.8. The third-order valence-electron chi connectivity index (χ3n) is 2.90. The normalized spacial score (nSPS) is 10.7. The first-order chi connectivity index (χ1) is 9.88. The highest BCUT2D eigenvalue weighted by atomic mass is 16.3. The summed E-state index contributed by atoms with van der Waals surface area (Å²) in [6, 6.07) is 13.4. The fourth-order valence-electron chi connectivity index (χ4n) is 2.00. The van der Waals surface area contributed by atoms with Gasteiger partial charge in [0.25, 0.3) is 0 Å². The van der Waals surface area contributed by atoms with Gasteiger partial charge in [0.2, 0.25) is 0 Å². The number of hydrogen-bond donors (Lipinski definition) is 2. The maximum Gasteiger partial charge on any atom is 0.180 e. The molecule has 0 aliphatic carbocycles. The van der Waals surface area contributed by atoms with Gasteiger partial charge < -0.3 is 10.4 Å². The average Bonchev–Trinajstić information content (AvgIpc) is 2.53. The van der Waals surface area contributed by atoms with E-state index in [1.54, 1.807) is 6.20 Å². The number of nitrogens with zero attached hydrogens (tertiary/aromatic N) is 3. The van der Waals surface area contributed by atoms with Gasteiger partial charge in [-0.1, -0.05) is 18.2 Å². The molecule has 3 rings (SSSR count). The minimum atomic E-state index is 0.0528. The molecule has 100 valence electrons. The lowest BCUT2D eigenvalue weighted by Gasteiger charge is -2.09. The van der Waals surface area contributed by atoms with Crippen molar-refractivity contribution in [3.63, 3.8) is 0 Å². The van der Waals surface area contributed by atoms with Crippen LogP contribution in [-0.2, 0) is 0 Å². The second kappa shape index (κ2) is 5.63. The number of fused-ring (bicyclic) bond motifs is 1. The molecule has 0 atom stereocenters. The highest BCUT2D eigenvalue weighted by molar-refractivity contribution is 5.90. The molecular formula is C15H14N4O. The molecule has 2 aromatic heterocycles. The van der Waals surface area contributed by atoms with Crippen molar-refractivity contribution in [1.29, 1.82) is 0 Å². The first kappa shape index (κ1) is 12.5. The largest absolute Gasteiger partial charge is 0.395 e. The van der Waals surface area contributed by atoms with Gasteiger partial charge in [0.1, 0.15) is 11.5 Å². The third-order valence-corrected chi connectivity index (χ3v) is 2.90. The summed E-state index contributed by atoms with van der Waals surface area (Å²) >= 11 is 0. The molecule has 0 saturated carbocycles. The topological polar surface area (TPSA) is 70.9 Å². The number of aliphatic hydroxyl groups is 1. The molecule has 0 aliphatic rings. The first-order valence-electron chi connectivity index (χ1n) is 6.41. The molecule has 2 heterocycles. The van der Waals surface area contributed by atoms with E-state index in [0.29, 0.717) is 18.2 Å². The van der Waals surface area contributed by atoms with Crippen LogP contribution >= 0.6 is 0 Å². The molecule has 3 aromatic rings. The number of hydrogen-bond acceptors (Lipinski definition) is 5. The quantitative estimate of drug-likeness (QED) is 0.756. The second-order valence-electron chi connectivity index (χ2n) is 4.28. The van der Waals surface area contributed by atoms with Crippen LogP contribution < -0.4 is 5.32 Å². The van der Waals surface area contributed by atoms with E-state index in [9.17, 15) is 0 Å². The van der Waals surface area contributed by atoms with Crippen LogP contribution in [0.1, 0.15) is 0 Å². The lowest BCUT2D eigenvalue weighted by molar-refractivity contribution is 0.311. The predicted molar refractivity (Wildman–Crippen MR) is 78.3 cm³/mol. The number of rotatable bonds is 4. The van der Waals surface area contributed by atoms with Gasteiger partial charge in [0.05, 0.1) is 12.1 Å². The van der Waals surface area contributed by atoms with Crippen molar-refractivity contribution >= 4 is 16.7 Å². The van der Waals surface area contributed by atoms with E-state index in [2.05, 4.69) is 20.3 Å². The number of nitrogens with one attached hydrogen (secondary N) is 1. The summed E-state index contributed by atoms with van der Waals surface area (Å²) < 4.78 is 0. The van der Waals surface area contributed by atoms with Crippen LogP contribution in [-0.4, -0.2) is 33.2 Å². The highest BCUT2D eigenvalue weighted by Crippen LogP contribution is 2.23. The smallest absolute Gasteiger partial charge is 0.180 e. The summed E-state index contributed by atoms with van der Waals surface area (Å²) in [7, 11) is 0. The van der Waals surface area contributed by atoms with Gasteiger partial charge in [-0.25, -0.2) is 9.97 Å². The summed E-state index contributed by atoms with van der Waals surface area (Å²) in [5, 5.41) is 13.0. The number of pyridine rings is 1. The molecule has 0 amide bonds. The Labute approximate surface area is 116 Å². The Hall–Kier alpha value is -2.53. The van der Waals surface area contributed by atoms with Crippen molar-refractivity contribution in [1.82, 2.24) is 15.0 Å². The Morgan fingerprint density at radius 3 is 2.65 bits per heavy atom. The number of aliphatic hydroxyl groups excluding tert-OH is 1. The predicted octanol–water partition coefficient (Wildman–Crippen LogP) is 2.10. The van der Waals surface area contributed by atoms with E-state index in [-0.39, 0.29) is 6.61 Å². The number of aromatic nitrogens is 3. The number of para-hydroxylation sites is 1. The summed E-state index contributed by atoms with van der Waals surface area (Å²) in [6.45, 7) is 0.500. The number of anilines is 1. The lowest BCUT2D eigenvalue weighted by atomic mass is 10.2. The molecular weight excluding hydrogens is 252 g/mol. The maximum absolute atomic E-state index is 8.97. The van der Waals surface area contributed by atoms with Gasteiger partial charge in [-0.3, -0.25) is 4.98 Å². The summed E-state index contributed by atoms with van der Waals surface area (Å²) in [6.07, 6.45) is 1.72. The molecule has 0 fully saturated rings. The van der Waals surface area contributed by atoms with Crippen molar-refractivity contribution in [2.75, 3.05) is 18.5 Å². The zero-order valence-corrected chi connectivity index (χ0v) is 10.8. The Morgan fingerprint density at radius 1 is 1.00 bits per heavy atom. The molecule has 20 heavy (non-hydrogen) atoms. The Balaban J connectivity index is 2.14. The third kappa shape index (κ3) is 2.44. The first-order valence-corrected chi connectivity index (χ1v) is 6.41. The van der Waals surface area contributed by atoms with Crippen LogP contribution in [0.5, 0.6) is 0 Å². The van der Waals surface area contributed by atoms with E-state index in [0.717, 1.165) is 16.6 Å². The SMILES string of the molecule is OCCNc1nc(-c2ccccn2)nc2ccccc12. The van der Waals surface area contributed by atoms with Crippen LogP contribution in [0.25, 0.3) is 22.4 Å². The lowest BCUT2D eigenvalue weighted by Crippen LogP contribution is -2.08. The summed E-state index contributed by atoms with van der Waals surface area (Å²) in [5.41, 5.74) is 1.58. The molecule has 0 unspecified atom stereocenters. The maximum atomic E-state index is 8.97. The van der Waals surface area contributed by atoms with Crippen molar-refractivity contribution < 1.29 is 5.11 Å². The van der Waals surface area contributed by atoms with Crippen molar-refractivity contribution in [3.8, 4) is 11.5 Å². The average molecular weight is 266 g/mol. The molecule has 2 N–H and O–H groups in total. The van der Waals surface area contributed by atoms with E-state index >= 15 is 0 Å². The molecule has 0 radical (unpaired) electrons. The van der Waals surface area contributed by atoms with Gasteiger partial charge in [0.15, 0.2) is 5.82 Å². The molecule has 5 heteroatoms. The van der Waals surface area contributed by atoms with Crippen LogP contribution in [0.2, 0.25) is 0 Å². The fraction of sp³-hybridized carbons (Fsp3) is 0.133. The molecule has 5 nitrogen and oxygen atoms in total. The molecule has 1 aromatic carbocycles. The fourth-order valence-corrected chi connectivity index (χ4v) is 2.00. The Morgan fingerprint density at radius 2 is 1.85 bits per heavy atom. The minimum Gasteiger partial charge on any atom is -0.395 e. The van der Waals surface area contributed by atoms with Crippen molar-refractivity contribution in [3.05, 3.63) is 48.7 Å². The van der Waals surface area contributed by atoms with Crippen LogP contribution in [0.4, 0.5) is 5.82 Å². The molecule has 0 aliphatic heterocycles. The van der Waals surface area contributed by atoms with Crippen LogP contribution in [0.15, 0.2) is 48.7 Å². The second-order valence-corrected chi connectivity index (χ2v) is 4.28. The van der Waals surface area contributed by atoms with Gasteiger partial charge in [-0.05, 0) is 24.3 Å². The van der Waals surface area contributed by atoms with Gasteiger partial charge >= 0.3 is 0 Å².